The van der Waals surface area contributed by atoms with Gasteiger partial charge in [-0.25, -0.2) is 0 Å². The Kier molecular flexibility index (Phi) is 2.77. The van der Waals surface area contributed by atoms with Gasteiger partial charge in [0, 0.05) is 10.0 Å². The van der Waals surface area contributed by atoms with Gasteiger partial charge in [-0.05, 0) is 12.5 Å². The van der Waals surface area contributed by atoms with Crippen molar-refractivity contribution in [2.24, 2.45) is 0 Å². The van der Waals surface area contributed by atoms with Gasteiger partial charge in [0.15, 0.2) is 5.76 Å². The fraction of sp³-hybridized carbons (Fsp3) is 0.182. The number of oxazole rings is 1. The first-order valence-corrected chi connectivity index (χ1v) is 5.51. The van der Waals surface area contributed by atoms with Crippen molar-refractivity contribution in [3.63, 3.8) is 0 Å². The molecule has 0 saturated carbocycles. The number of nitrogens with zero attached hydrogens (tertiary/aromatic N) is 1. The number of halogens is 1. The molecule has 0 bridgehead atoms. The summed E-state index contributed by atoms with van der Waals surface area (Å²) in [6.45, 7) is 2.03. The summed E-state index contributed by atoms with van der Waals surface area (Å²) < 4.78 is 6.39. The summed E-state index contributed by atoms with van der Waals surface area (Å²) in [6, 6.07) is 8.08. The lowest BCUT2D eigenvalue weighted by molar-refractivity contribution is 0.593. The van der Waals surface area contributed by atoms with Gasteiger partial charge in [0.2, 0.25) is 0 Å². The highest BCUT2D eigenvalue weighted by Crippen LogP contribution is 2.32. The van der Waals surface area contributed by atoms with Crippen molar-refractivity contribution in [2.45, 2.75) is 13.3 Å². The zero-order chi connectivity index (χ0) is 10.8. The van der Waals surface area contributed by atoms with Gasteiger partial charge in [-0.3, -0.25) is 0 Å². The monoisotopic (exact) mass is 266 g/mol. The van der Waals surface area contributed by atoms with E-state index in [1.54, 1.807) is 0 Å². The first kappa shape index (κ1) is 10.2. The van der Waals surface area contributed by atoms with Crippen molar-refractivity contribution in [2.75, 3.05) is 5.73 Å². The molecule has 15 heavy (non-hydrogen) atoms. The highest BCUT2D eigenvalue weighted by Gasteiger charge is 2.13. The summed E-state index contributed by atoms with van der Waals surface area (Å²) in [4.78, 5) is 4.14. The molecule has 1 heterocycles. The maximum Gasteiger partial charge on any atom is 0.292 e. The molecule has 0 atom stereocenters. The largest absolute Gasteiger partial charge is 0.423 e. The molecule has 0 unspecified atom stereocenters. The molecule has 2 N–H and O–H groups in total. The summed E-state index contributed by atoms with van der Waals surface area (Å²) in [5, 5.41) is 0. The third-order valence-corrected chi connectivity index (χ3v) is 2.86. The van der Waals surface area contributed by atoms with E-state index in [4.69, 9.17) is 10.2 Å². The van der Waals surface area contributed by atoms with E-state index in [2.05, 4.69) is 20.9 Å². The number of benzene rings is 1. The molecule has 1 aromatic carbocycles. The van der Waals surface area contributed by atoms with Gasteiger partial charge in [-0.15, -0.1) is 0 Å². The first-order chi connectivity index (χ1) is 7.22. The molecule has 0 aliphatic rings. The summed E-state index contributed by atoms with van der Waals surface area (Å²) in [6.07, 6.45) is 0.803. The normalized spacial score (nSPS) is 10.5. The number of nitrogen functional groups attached to an aromatic ring is 1. The lowest BCUT2D eigenvalue weighted by Gasteiger charge is -2.01. The minimum atomic E-state index is 0.220. The maximum atomic E-state index is 5.55. The summed E-state index contributed by atoms with van der Waals surface area (Å²) >= 11 is 3.48. The van der Waals surface area contributed by atoms with Crippen LogP contribution in [0.2, 0.25) is 0 Å². The van der Waals surface area contributed by atoms with Crippen LogP contribution in [0.1, 0.15) is 12.6 Å². The Bertz CT molecular complexity index is 479. The molecule has 0 radical (unpaired) electrons. The second-order valence-corrected chi connectivity index (χ2v) is 4.02. The van der Waals surface area contributed by atoms with Crippen molar-refractivity contribution in [1.82, 2.24) is 4.98 Å². The zero-order valence-electron chi connectivity index (χ0n) is 8.33. The van der Waals surface area contributed by atoms with Gasteiger partial charge < -0.3 is 10.2 Å². The third-order valence-electron chi connectivity index (χ3n) is 2.17. The van der Waals surface area contributed by atoms with Crippen LogP contribution in [0.25, 0.3) is 11.3 Å². The van der Waals surface area contributed by atoms with Crippen LogP contribution >= 0.6 is 15.9 Å². The lowest BCUT2D eigenvalue weighted by atomic mass is 10.1. The predicted molar refractivity (Wildman–Crippen MR) is 63.4 cm³/mol. The fourth-order valence-electron chi connectivity index (χ4n) is 1.47. The second kappa shape index (κ2) is 4.06. The Labute approximate surface area is 96.4 Å². The number of aromatic nitrogens is 1. The van der Waals surface area contributed by atoms with Gasteiger partial charge in [0.05, 0.1) is 5.69 Å². The number of rotatable bonds is 2. The van der Waals surface area contributed by atoms with Gasteiger partial charge in [0.25, 0.3) is 6.01 Å². The van der Waals surface area contributed by atoms with E-state index in [9.17, 15) is 0 Å². The zero-order valence-corrected chi connectivity index (χ0v) is 9.91. The number of hydrogen-bond acceptors (Lipinski definition) is 3. The van der Waals surface area contributed by atoms with Crippen LogP contribution in [0.15, 0.2) is 33.2 Å². The fourth-order valence-corrected chi connectivity index (χ4v) is 1.93. The van der Waals surface area contributed by atoms with Crippen LogP contribution in [0.5, 0.6) is 0 Å². The molecule has 0 aliphatic heterocycles. The van der Waals surface area contributed by atoms with Gasteiger partial charge >= 0.3 is 0 Å². The number of nitrogens with two attached hydrogens (primary N) is 1. The molecule has 0 fully saturated rings. The highest BCUT2D eigenvalue weighted by atomic mass is 79.9. The quantitative estimate of drug-likeness (QED) is 0.908. The van der Waals surface area contributed by atoms with Crippen LogP contribution in [-0.4, -0.2) is 4.98 Å². The molecule has 0 saturated heterocycles. The standard InChI is InChI=1S/C11H11BrN2O/c1-2-9-10(15-11(13)14-9)7-5-3-4-6-8(7)12/h3-6H,2H2,1H3,(H2,13,14). The van der Waals surface area contributed by atoms with Crippen LogP contribution in [0.3, 0.4) is 0 Å². The number of aryl methyl sites for hydroxylation is 1. The molecule has 0 aliphatic carbocycles. The molecule has 0 spiro atoms. The Balaban J connectivity index is 2.58. The van der Waals surface area contributed by atoms with E-state index in [0.29, 0.717) is 0 Å². The SMILES string of the molecule is CCc1nc(N)oc1-c1ccccc1Br. The summed E-state index contributed by atoms with van der Waals surface area (Å²) in [5.41, 5.74) is 7.42. The van der Waals surface area contributed by atoms with Gasteiger partial charge in [-0.1, -0.05) is 41.1 Å². The van der Waals surface area contributed by atoms with Crippen molar-refractivity contribution in [3.8, 4) is 11.3 Å². The van der Waals surface area contributed by atoms with E-state index >= 15 is 0 Å². The topological polar surface area (TPSA) is 52.0 Å². The lowest BCUT2D eigenvalue weighted by Crippen LogP contribution is -1.86. The summed E-state index contributed by atoms with van der Waals surface area (Å²) in [5.74, 6) is 0.752. The van der Waals surface area contributed by atoms with Crippen LogP contribution < -0.4 is 5.73 Å². The third kappa shape index (κ3) is 1.90. The maximum absolute atomic E-state index is 5.55. The van der Waals surface area contributed by atoms with Gasteiger partial charge in [0.1, 0.15) is 0 Å². The minimum Gasteiger partial charge on any atom is -0.423 e. The van der Waals surface area contributed by atoms with Crippen molar-refractivity contribution < 1.29 is 4.42 Å². The average molecular weight is 267 g/mol. The Hall–Kier alpha value is -1.29. The molecule has 2 aromatic rings. The molecular weight excluding hydrogens is 256 g/mol. The molecular formula is C11H11BrN2O. The molecule has 1 aromatic heterocycles. The first-order valence-electron chi connectivity index (χ1n) is 4.72. The average Bonchev–Trinajstić information content (AvgIpc) is 2.60. The van der Waals surface area contributed by atoms with Crippen LogP contribution in [0.4, 0.5) is 6.01 Å². The van der Waals surface area contributed by atoms with Crippen LogP contribution in [-0.2, 0) is 6.42 Å². The van der Waals surface area contributed by atoms with Crippen molar-refractivity contribution in [1.29, 1.82) is 0 Å². The van der Waals surface area contributed by atoms with E-state index in [-0.39, 0.29) is 6.01 Å². The van der Waals surface area contributed by atoms with Crippen molar-refractivity contribution >= 4 is 21.9 Å². The summed E-state index contributed by atoms with van der Waals surface area (Å²) in [7, 11) is 0. The van der Waals surface area contributed by atoms with E-state index in [1.165, 1.54) is 0 Å². The highest BCUT2D eigenvalue weighted by molar-refractivity contribution is 9.10. The molecule has 78 valence electrons. The van der Waals surface area contributed by atoms with E-state index in [1.807, 2.05) is 31.2 Å². The predicted octanol–water partition coefficient (Wildman–Crippen LogP) is 3.25. The molecule has 0 amide bonds. The smallest absolute Gasteiger partial charge is 0.292 e. The second-order valence-electron chi connectivity index (χ2n) is 3.16. The minimum absolute atomic E-state index is 0.220. The van der Waals surface area contributed by atoms with Gasteiger partial charge in [-0.2, -0.15) is 4.98 Å². The van der Waals surface area contributed by atoms with E-state index < -0.39 is 0 Å². The Morgan fingerprint density at radius 2 is 2.13 bits per heavy atom. The van der Waals surface area contributed by atoms with Crippen LogP contribution in [0, 0.1) is 0 Å². The molecule has 3 nitrogen and oxygen atoms in total. The van der Waals surface area contributed by atoms with E-state index in [0.717, 1.165) is 27.9 Å². The van der Waals surface area contributed by atoms with Crippen molar-refractivity contribution in [3.05, 3.63) is 34.4 Å². The number of hydrogen-bond donors (Lipinski definition) is 1. The number of anilines is 1. The Morgan fingerprint density at radius 3 is 2.80 bits per heavy atom. The molecule has 4 heteroatoms. The Morgan fingerprint density at radius 1 is 1.40 bits per heavy atom. The molecule has 2 rings (SSSR count).